The molecule has 1 aromatic heterocycles. The molecule has 0 fully saturated rings. The van der Waals surface area contributed by atoms with E-state index < -0.39 is 0 Å². The highest BCUT2D eigenvalue weighted by Gasteiger charge is 2.14. The van der Waals surface area contributed by atoms with Crippen LogP contribution in [-0.2, 0) is 6.42 Å². The van der Waals surface area contributed by atoms with Gasteiger partial charge in [-0.2, -0.15) is 0 Å². The Kier molecular flexibility index (Phi) is 3.26. The van der Waals surface area contributed by atoms with Crippen molar-refractivity contribution in [2.45, 2.75) is 39.7 Å². The number of rotatable bonds is 3. The van der Waals surface area contributed by atoms with Crippen LogP contribution in [-0.4, -0.2) is 15.5 Å². The van der Waals surface area contributed by atoms with Crippen molar-refractivity contribution in [3.05, 3.63) is 41.3 Å². The van der Waals surface area contributed by atoms with E-state index in [0.717, 1.165) is 17.9 Å². The second-order valence-corrected chi connectivity index (χ2v) is 5.71. The second-order valence-electron chi connectivity index (χ2n) is 5.71. The lowest BCUT2D eigenvalue weighted by Gasteiger charge is -2.15. The van der Waals surface area contributed by atoms with Crippen molar-refractivity contribution in [2.75, 3.05) is 0 Å². The smallest absolute Gasteiger partial charge is 0.108 e. The minimum absolute atomic E-state index is 0.238. The zero-order valence-corrected chi connectivity index (χ0v) is 11.5. The molecular weight excluding hydrogens is 222 g/mol. The Balaban J connectivity index is 2.26. The van der Waals surface area contributed by atoms with Gasteiger partial charge in [0.25, 0.3) is 0 Å². The van der Waals surface area contributed by atoms with Gasteiger partial charge in [0.05, 0.1) is 11.9 Å². The molecule has 0 aliphatic heterocycles. The molecule has 0 aliphatic carbocycles. The van der Waals surface area contributed by atoms with Crippen LogP contribution in [0.3, 0.4) is 0 Å². The molecular formula is C15H21N3. The van der Waals surface area contributed by atoms with Crippen LogP contribution in [0.2, 0.25) is 0 Å². The van der Waals surface area contributed by atoms with Crippen LogP contribution in [0.1, 0.15) is 30.8 Å². The molecule has 96 valence electrons. The fourth-order valence-corrected chi connectivity index (χ4v) is 1.94. The Morgan fingerprint density at radius 1 is 1.22 bits per heavy atom. The Labute approximate surface area is 108 Å². The van der Waals surface area contributed by atoms with E-state index >= 15 is 0 Å². The summed E-state index contributed by atoms with van der Waals surface area (Å²) < 4.78 is 0. The molecule has 3 heteroatoms. The summed E-state index contributed by atoms with van der Waals surface area (Å²) in [4.78, 5) is 7.74. The van der Waals surface area contributed by atoms with Crippen LogP contribution in [0.5, 0.6) is 0 Å². The average Bonchev–Trinajstić information content (AvgIpc) is 2.68. The van der Waals surface area contributed by atoms with Crippen LogP contribution >= 0.6 is 0 Å². The highest BCUT2D eigenvalue weighted by atomic mass is 14.9. The van der Waals surface area contributed by atoms with E-state index in [4.69, 9.17) is 5.73 Å². The lowest BCUT2D eigenvalue weighted by Crippen LogP contribution is -2.34. The highest BCUT2D eigenvalue weighted by molar-refractivity contribution is 5.60. The molecule has 0 saturated carbocycles. The van der Waals surface area contributed by atoms with Crippen LogP contribution in [0, 0.1) is 13.8 Å². The lowest BCUT2D eigenvalue weighted by atomic mass is 10.0. The normalized spacial score (nSPS) is 11.8. The number of nitrogens with two attached hydrogens (primary N) is 1. The van der Waals surface area contributed by atoms with E-state index in [1.54, 1.807) is 0 Å². The van der Waals surface area contributed by atoms with Crippen LogP contribution < -0.4 is 5.73 Å². The summed E-state index contributed by atoms with van der Waals surface area (Å²) >= 11 is 0. The van der Waals surface area contributed by atoms with Gasteiger partial charge in [-0.25, -0.2) is 4.98 Å². The Bertz CT molecular complexity index is 547. The summed E-state index contributed by atoms with van der Waals surface area (Å²) in [6.07, 6.45) is 2.63. The van der Waals surface area contributed by atoms with E-state index in [1.165, 1.54) is 16.7 Å². The number of benzene rings is 1. The summed E-state index contributed by atoms with van der Waals surface area (Å²) in [5.41, 5.74) is 10.6. The van der Waals surface area contributed by atoms with Gasteiger partial charge >= 0.3 is 0 Å². The number of imidazole rings is 1. The first-order valence-electron chi connectivity index (χ1n) is 6.25. The highest BCUT2D eigenvalue weighted by Crippen LogP contribution is 2.21. The maximum atomic E-state index is 6.00. The molecule has 0 aliphatic rings. The van der Waals surface area contributed by atoms with E-state index in [1.807, 2.05) is 20.0 Å². The van der Waals surface area contributed by atoms with E-state index in [-0.39, 0.29) is 5.54 Å². The third kappa shape index (κ3) is 2.99. The first-order valence-corrected chi connectivity index (χ1v) is 6.25. The molecule has 0 amide bonds. The van der Waals surface area contributed by atoms with Crippen molar-refractivity contribution in [3.8, 4) is 11.3 Å². The minimum atomic E-state index is -0.238. The summed E-state index contributed by atoms with van der Waals surface area (Å²) in [5, 5.41) is 0. The van der Waals surface area contributed by atoms with E-state index in [2.05, 4.69) is 42.0 Å². The maximum Gasteiger partial charge on any atom is 0.108 e. The van der Waals surface area contributed by atoms with Crippen molar-refractivity contribution in [3.63, 3.8) is 0 Å². The van der Waals surface area contributed by atoms with Crippen LogP contribution in [0.25, 0.3) is 11.3 Å². The van der Waals surface area contributed by atoms with E-state index in [0.29, 0.717) is 0 Å². The van der Waals surface area contributed by atoms with Gasteiger partial charge in [0.15, 0.2) is 0 Å². The molecule has 0 spiro atoms. The summed E-state index contributed by atoms with van der Waals surface area (Å²) in [5.74, 6) is 0.940. The van der Waals surface area contributed by atoms with Crippen LogP contribution in [0.4, 0.5) is 0 Å². The number of aryl methyl sites for hydroxylation is 2. The number of hydrogen-bond donors (Lipinski definition) is 2. The lowest BCUT2D eigenvalue weighted by molar-refractivity contribution is 0.505. The molecule has 0 bridgehead atoms. The Morgan fingerprint density at radius 2 is 1.94 bits per heavy atom. The quantitative estimate of drug-likeness (QED) is 0.870. The first kappa shape index (κ1) is 12.8. The summed E-state index contributed by atoms with van der Waals surface area (Å²) in [7, 11) is 0. The van der Waals surface area contributed by atoms with Crippen molar-refractivity contribution in [1.82, 2.24) is 9.97 Å². The Morgan fingerprint density at radius 3 is 2.56 bits per heavy atom. The molecule has 0 atom stereocenters. The number of aromatic nitrogens is 2. The van der Waals surface area contributed by atoms with Crippen molar-refractivity contribution in [2.24, 2.45) is 5.73 Å². The molecule has 1 aromatic carbocycles. The van der Waals surface area contributed by atoms with Gasteiger partial charge in [-0.1, -0.05) is 12.1 Å². The molecule has 2 aromatic rings. The number of aromatic amines is 1. The monoisotopic (exact) mass is 243 g/mol. The third-order valence-corrected chi connectivity index (χ3v) is 3.07. The SMILES string of the molecule is Cc1ccc(-c2cnc(CC(C)(C)N)[nH]2)cc1C. The molecule has 3 nitrogen and oxygen atoms in total. The van der Waals surface area contributed by atoms with Gasteiger partial charge in [-0.15, -0.1) is 0 Å². The number of hydrogen-bond acceptors (Lipinski definition) is 2. The number of nitrogens with zero attached hydrogens (tertiary/aromatic N) is 1. The fraction of sp³-hybridized carbons (Fsp3) is 0.400. The van der Waals surface area contributed by atoms with Crippen molar-refractivity contribution >= 4 is 0 Å². The summed E-state index contributed by atoms with van der Waals surface area (Å²) in [6, 6.07) is 6.44. The topological polar surface area (TPSA) is 54.7 Å². The third-order valence-electron chi connectivity index (χ3n) is 3.07. The molecule has 0 unspecified atom stereocenters. The van der Waals surface area contributed by atoms with Gasteiger partial charge < -0.3 is 10.7 Å². The second kappa shape index (κ2) is 4.58. The van der Waals surface area contributed by atoms with Gasteiger partial charge in [0.2, 0.25) is 0 Å². The molecule has 1 heterocycles. The Hall–Kier alpha value is -1.61. The number of nitrogens with one attached hydrogen (secondary N) is 1. The average molecular weight is 243 g/mol. The van der Waals surface area contributed by atoms with Gasteiger partial charge in [0.1, 0.15) is 5.82 Å². The molecule has 18 heavy (non-hydrogen) atoms. The van der Waals surface area contributed by atoms with Gasteiger partial charge in [-0.05, 0) is 50.5 Å². The number of H-pyrrole nitrogens is 1. The predicted molar refractivity (Wildman–Crippen MR) is 75.5 cm³/mol. The minimum Gasteiger partial charge on any atom is -0.342 e. The van der Waals surface area contributed by atoms with Crippen molar-refractivity contribution < 1.29 is 0 Å². The maximum absolute atomic E-state index is 6.00. The summed E-state index contributed by atoms with van der Waals surface area (Å²) in [6.45, 7) is 8.25. The van der Waals surface area contributed by atoms with Gasteiger partial charge in [-0.3, -0.25) is 0 Å². The standard InChI is InChI=1S/C15H21N3/c1-10-5-6-12(7-11(10)2)13-9-17-14(18-13)8-15(3,4)16/h5-7,9H,8,16H2,1-4H3,(H,17,18). The van der Waals surface area contributed by atoms with Crippen molar-refractivity contribution in [1.29, 1.82) is 0 Å². The zero-order valence-electron chi connectivity index (χ0n) is 11.5. The molecule has 3 N–H and O–H groups in total. The van der Waals surface area contributed by atoms with Crippen LogP contribution in [0.15, 0.2) is 24.4 Å². The molecule has 0 radical (unpaired) electrons. The van der Waals surface area contributed by atoms with E-state index in [9.17, 15) is 0 Å². The zero-order chi connectivity index (χ0) is 13.3. The molecule has 0 saturated heterocycles. The van der Waals surface area contributed by atoms with Gasteiger partial charge in [0, 0.05) is 12.0 Å². The molecule has 2 rings (SSSR count). The largest absolute Gasteiger partial charge is 0.342 e. The predicted octanol–water partition coefficient (Wildman–Crippen LogP) is 2.97. The fourth-order valence-electron chi connectivity index (χ4n) is 1.94. The first-order chi connectivity index (χ1) is 8.35.